The Bertz CT molecular complexity index is 1740. The number of nitrogens with zero attached hydrogens (tertiary/aromatic N) is 4. The first-order valence-electron chi connectivity index (χ1n) is 18.9. The minimum atomic E-state index is -0.698. The summed E-state index contributed by atoms with van der Waals surface area (Å²) >= 11 is 0. The van der Waals surface area contributed by atoms with Gasteiger partial charge in [-0.25, -0.2) is 19.6 Å². The number of piperidine rings is 2. The van der Waals surface area contributed by atoms with Crippen LogP contribution in [0.5, 0.6) is 0 Å². The van der Waals surface area contributed by atoms with Crippen molar-refractivity contribution in [1.29, 1.82) is 0 Å². The molecule has 8 atom stereocenters. The third-order valence-corrected chi connectivity index (χ3v) is 11.9. The van der Waals surface area contributed by atoms with E-state index in [4.69, 9.17) is 18.9 Å². The third-order valence-electron chi connectivity index (χ3n) is 11.9. The maximum Gasteiger partial charge on any atom is 0.407 e. The molecule has 0 unspecified atom stereocenters. The van der Waals surface area contributed by atoms with Crippen molar-refractivity contribution in [1.82, 2.24) is 40.4 Å². The van der Waals surface area contributed by atoms with Crippen molar-refractivity contribution in [2.24, 2.45) is 23.7 Å². The van der Waals surface area contributed by atoms with E-state index in [0.29, 0.717) is 87.0 Å². The van der Waals surface area contributed by atoms with Crippen molar-refractivity contribution in [3.8, 4) is 23.7 Å². The van der Waals surface area contributed by atoms with Crippen LogP contribution in [0, 0.1) is 47.4 Å². The van der Waals surface area contributed by atoms with Gasteiger partial charge >= 0.3 is 12.2 Å². The van der Waals surface area contributed by atoms with Crippen molar-refractivity contribution < 1.29 is 38.1 Å². The van der Waals surface area contributed by atoms with E-state index in [1.807, 2.05) is 9.80 Å². The molecule has 16 nitrogen and oxygen atoms in total. The maximum absolute atomic E-state index is 14.0. The van der Waals surface area contributed by atoms with Gasteiger partial charge in [-0.1, -0.05) is 0 Å². The van der Waals surface area contributed by atoms with E-state index < -0.39 is 24.3 Å². The number of aromatic amines is 2. The second-order valence-corrected chi connectivity index (χ2v) is 15.1. The van der Waals surface area contributed by atoms with Crippen LogP contribution in [0.2, 0.25) is 0 Å². The molecule has 2 saturated carbocycles. The number of fused-ring (bicyclic) bond motifs is 2. The summed E-state index contributed by atoms with van der Waals surface area (Å²) in [4.78, 5) is 72.2. The molecule has 0 radical (unpaired) electrons. The molecule has 2 aliphatic carbocycles. The van der Waals surface area contributed by atoms with Gasteiger partial charge in [-0.15, -0.1) is 0 Å². The molecule has 4 N–H and O–H groups in total. The number of carbonyl (C=O) groups is 4. The fourth-order valence-electron chi connectivity index (χ4n) is 8.92. The molecule has 6 heterocycles. The number of hydrogen-bond acceptors (Lipinski definition) is 10. The third kappa shape index (κ3) is 7.37. The lowest BCUT2D eigenvalue weighted by atomic mass is 9.90. The molecule has 286 valence electrons. The highest BCUT2D eigenvalue weighted by atomic mass is 16.5. The van der Waals surface area contributed by atoms with Gasteiger partial charge in [-0.05, 0) is 98.7 Å². The second-order valence-electron chi connectivity index (χ2n) is 15.1. The molecule has 6 aliphatic rings. The molecular weight excluding hydrogens is 696 g/mol. The number of rotatable bonds is 8. The first-order chi connectivity index (χ1) is 26.3. The number of alkyl carbamates (subject to hydrolysis) is 2. The van der Waals surface area contributed by atoms with Gasteiger partial charge in [0, 0.05) is 38.5 Å². The van der Waals surface area contributed by atoms with Crippen LogP contribution in [0.25, 0.3) is 0 Å². The van der Waals surface area contributed by atoms with E-state index in [2.05, 4.69) is 54.3 Å². The Morgan fingerprint density at radius 2 is 1.11 bits per heavy atom. The van der Waals surface area contributed by atoms with E-state index in [9.17, 15) is 19.2 Å². The number of hydrogen-bond donors (Lipinski definition) is 4. The van der Waals surface area contributed by atoms with E-state index in [1.165, 1.54) is 14.2 Å². The summed E-state index contributed by atoms with van der Waals surface area (Å²) in [5.74, 6) is 13.6. The number of amides is 4. The van der Waals surface area contributed by atoms with E-state index in [0.717, 1.165) is 25.7 Å². The molecule has 8 rings (SSSR count). The number of carbonyl (C=O) groups excluding carboxylic acids is 4. The van der Waals surface area contributed by atoms with Crippen LogP contribution >= 0.6 is 0 Å². The lowest BCUT2D eigenvalue weighted by Gasteiger charge is -2.35. The molecule has 4 aliphatic heterocycles. The zero-order chi connectivity index (χ0) is 37.3. The van der Waals surface area contributed by atoms with E-state index in [1.54, 1.807) is 12.4 Å². The first-order valence-corrected chi connectivity index (χ1v) is 18.9. The Kier molecular flexibility index (Phi) is 10.2. The topological polar surface area (TPSA) is 193 Å². The number of likely N-dealkylation sites (tertiary alicyclic amines) is 2. The highest BCUT2D eigenvalue weighted by Crippen LogP contribution is 2.54. The Labute approximate surface area is 313 Å². The van der Waals surface area contributed by atoms with Gasteiger partial charge in [0.2, 0.25) is 11.8 Å². The summed E-state index contributed by atoms with van der Waals surface area (Å²) in [5, 5.41) is 5.62. The number of aromatic nitrogens is 4. The number of methoxy groups -OCH3 is 2. The summed E-state index contributed by atoms with van der Waals surface area (Å²) in [5.41, 5.74) is 1.15. The van der Waals surface area contributed by atoms with Crippen LogP contribution in [-0.2, 0) is 28.5 Å². The van der Waals surface area contributed by atoms with Gasteiger partial charge in [0.15, 0.2) is 0 Å². The monoisotopic (exact) mass is 742 g/mol. The average Bonchev–Trinajstić information content (AvgIpc) is 3.81. The molecule has 4 amide bonds. The van der Waals surface area contributed by atoms with Crippen molar-refractivity contribution in [3.63, 3.8) is 0 Å². The van der Waals surface area contributed by atoms with E-state index in [-0.39, 0.29) is 47.8 Å². The Morgan fingerprint density at radius 3 is 1.50 bits per heavy atom. The van der Waals surface area contributed by atoms with Crippen molar-refractivity contribution in [2.75, 3.05) is 40.6 Å². The first kappa shape index (κ1) is 35.9. The molecule has 0 bridgehead atoms. The summed E-state index contributed by atoms with van der Waals surface area (Å²) in [6.45, 7) is 2.20. The molecule has 0 spiro atoms. The molecule has 0 aromatic carbocycles. The Morgan fingerprint density at radius 1 is 0.704 bits per heavy atom. The highest BCUT2D eigenvalue weighted by molar-refractivity contribution is 5.88. The quantitative estimate of drug-likeness (QED) is 0.292. The summed E-state index contributed by atoms with van der Waals surface area (Å²) in [7, 11) is 2.60. The fourth-order valence-corrected chi connectivity index (χ4v) is 8.92. The fraction of sp³-hybridized carbons (Fsp3) is 0.632. The van der Waals surface area contributed by atoms with Crippen molar-refractivity contribution in [2.45, 2.75) is 87.6 Å². The SMILES string of the molecule is COC(=O)N[C@H](C(=O)N1[C@@H]2C[C@@H]2C[C@H]1c1ncc(C#CC#Cc2cnc([C@@H]3C[C@H]4C[C@H]4N3C(=O)[C@@H](NC(=O)OC)C3CCOCC3)[nH]2)[nH]1)C1CCOCC1. The normalized spacial score (nSPS) is 28.3. The van der Waals surface area contributed by atoms with Gasteiger partial charge in [0.25, 0.3) is 0 Å². The van der Waals surface area contributed by atoms with E-state index >= 15 is 0 Å². The Balaban J connectivity index is 0.927. The average molecular weight is 743 g/mol. The molecule has 16 heteroatoms. The Hall–Kier alpha value is -5.06. The summed E-state index contributed by atoms with van der Waals surface area (Å²) < 4.78 is 20.7. The van der Waals surface area contributed by atoms with Crippen molar-refractivity contribution >= 4 is 24.0 Å². The number of ether oxygens (including phenoxy) is 4. The maximum atomic E-state index is 14.0. The molecular formula is C38H46N8O8. The predicted octanol–water partition coefficient (Wildman–Crippen LogP) is 2.16. The van der Waals surface area contributed by atoms with Gasteiger partial charge in [0.05, 0.1) is 38.7 Å². The van der Waals surface area contributed by atoms with Gasteiger partial charge in [0.1, 0.15) is 35.1 Å². The number of nitrogens with one attached hydrogen (secondary N) is 4. The van der Waals surface area contributed by atoms with Crippen molar-refractivity contribution in [3.05, 3.63) is 35.4 Å². The van der Waals surface area contributed by atoms with Crippen LogP contribution in [0.15, 0.2) is 12.4 Å². The van der Waals surface area contributed by atoms with Crippen LogP contribution in [0.3, 0.4) is 0 Å². The number of imidazole rings is 2. The van der Waals surface area contributed by atoms with Gasteiger partial charge < -0.3 is 49.3 Å². The standard InChI is InChI=1S/C38H46N8O8/c1-51-37(49)43-31(21-7-11-53-12-8-21)35(47)45-27-15-23(27)17-29(45)33-39-19-25(41-33)5-3-4-6-26-20-40-34(42-26)30-18-24-16-28(24)46(30)36(48)32(44-38(50)52-2)22-9-13-54-14-10-22/h19-24,27-32H,7-18H2,1-2H3,(H,39,41)(H,40,42)(H,43,49)(H,44,50)/t23-,24-,27-,28-,29+,30+,31+,32+/m1/s1. The van der Waals surface area contributed by atoms with Crippen LogP contribution in [-0.4, -0.2) is 119 Å². The summed E-state index contributed by atoms with van der Waals surface area (Å²) in [6.07, 6.45) is 8.25. The molecule has 2 aromatic heterocycles. The highest BCUT2D eigenvalue weighted by Gasteiger charge is 2.58. The molecule has 4 saturated heterocycles. The van der Waals surface area contributed by atoms with Crippen LogP contribution < -0.4 is 10.6 Å². The predicted molar refractivity (Wildman–Crippen MR) is 189 cm³/mol. The lowest BCUT2D eigenvalue weighted by Crippen LogP contribution is -2.54. The number of H-pyrrole nitrogens is 2. The molecule has 2 aromatic rings. The zero-order valence-electron chi connectivity index (χ0n) is 30.5. The minimum absolute atomic E-state index is 0.0404. The zero-order valence-corrected chi connectivity index (χ0v) is 30.5. The smallest absolute Gasteiger partial charge is 0.407 e. The second kappa shape index (κ2) is 15.4. The van der Waals surface area contributed by atoms with Gasteiger partial charge in [-0.3, -0.25) is 9.59 Å². The van der Waals surface area contributed by atoms with Gasteiger partial charge in [-0.2, -0.15) is 0 Å². The van der Waals surface area contributed by atoms with Crippen LogP contribution in [0.4, 0.5) is 9.59 Å². The molecule has 6 fully saturated rings. The largest absolute Gasteiger partial charge is 0.453 e. The lowest BCUT2D eigenvalue weighted by molar-refractivity contribution is -0.138. The molecule has 54 heavy (non-hydrogen) atoms. The van der Waals surface area contributed by atoms with Crippen LogP contribution in [0.1, 0.15) is 86.5 Å². The minimum Gasteiger partial charge on any atom is -0.453 e. The summed E-state index contributed by atoms with van der Waals surface area (Å²) in [6, 6.07) is -1.64.